The Morgan fingerprint density at radius 1 is 1.13 bits per heavy atom. The van der Waals surface area contributed by atoms with Gasteiger partial charge in [-0.05, 0) is 57.7 Å². The van der Waals surface area contributed by atoms with Crippen LogP contribution >= 0.6 is 0 Å². The van der Waals surface area contributed by atoms with Crippen molar-refractivity contribution in [2.24, 2.45) is 5.92 Å². The molecule has 1 aliphatic rings. The Bertz CT molecular complexity index is 1140. The summed E-state index contributed by atoms with van der Waals surface area (Å²) in [6, 6.07) is 12.9. The third-order valence-electron chi connectivity index (χ3n) is 6.87. The van der Waals surface area contributed by atoms with Crippen LogP contribution in [0.1, 0.15) is 105 Å². The molecule has 2 heterocycles. The summed E-state index contributed by atoms with van der Waals surface area (Å²) in [6.07, 6.45) is 0.214. The zero-order chi connectivity index (χ0) is 28.1. The van der Waals surface area contributed by atoms with Gasteiger partial charge in [0.2, 0.25) is 0 Å². The Morgan fingerprint density at radius 3 is 2.42 bits per heavy atom. The molecule has 1 fully saturated rings. The number of amides is 1. The maximum absolute atomic E-state index is 14.9. The Morgan fingerprint density at radius 2 is 1.82 bits per heavy atom. The van der Waals surface area contributed by atoms with E-state index in [2.05, 4.69) is 4.98 Å². The van der Waals surface area contributed by atoms with Gasteiger partial charge >= 0.3 is 6.09 Å². The second kappa shape index (κ2) is 12.1. The number of Topliss-reactive ketones (excluding diaryl/α,β-unsaturated/α-hetero) is 2. The lowest BCUT2D eigenvalue weighted by Gasteiger charge is -2.38. The molecular formula is C30H38F2N2O4. The molecule has 38 heavy (non-hydrogen) atoms. The van der Waals surface area contributed by atoms with Gasteiger partial charge in [0.25, 0.3) is 5.92 Å². The van der Waals surface area contributed by atoms with Gasteiger partial charge < -0.3 is 9.64 Å². The Kier molecular flexibility index (Phi) is 9.39. The zero-order valence-corrected chi connectivity index (χ0v) is 22.9. The lowest BCUT2D eigenvalue weighted by Crippen LogP contribution is -2.51. The molecule has 6 nitrogen and oxygen atoms in total. The first-order valence-electron chi connectivity index (χ1n) is 13.3. The van der Waals surface area contributed by atoms with Crippen LogP contribution in [0.4, 0.5) is 13.6 Å². The van der Waals surface area contributed by atoms with Crippen LogP contribution in [0.15, 0.2) is 42.5 Å². The van der Waals surface area contributed by atoms with E-state index >= 15 is 0 Å². The summed E-state index contributed by atoms with van der Waals surface area (Å²) in [4.78, 5) is 43.4. The molecule has 1 amide bonds. The van der Waals surface area contributed by atoms with Crippen LogP contribution in [0, 0.1) is 5.92 Å². The Labute approximate surface area is 223 Å². The molecule has 1 aromatic carbocycles. The van der Waals surface area contributed by atoms with Crippen LogP contribution in [0.3, 0.4) is 0 Å². The van der Waals surface area contributed by atoms with Crippen LogP contribution < -0.4 is 0 Å². The van der Waals surface area contributed by atoms with Crippen LogP contribution in [0.5, 0.6) is 0 Å². The minimum absolute atomic E-state index is 0.0886. The topological polar surface area (TPSA) is 76.6 Å². The highest BCUT2D eigenvalue weighted by Gasteiger charge is 2.46. The molecule has 1 saturated heterocycles. The number of hydrogen-bond donors (Lipinski definition) is 0. The number of nitrogens with zero attached hydrogens (tertiary/aromatic N) is 2. The van der Waals surface area contributed by atoms with Gasteiger partial charge in [-0.1, -0.05) is 44.2 Å². The highest BCUT2D eigenvalue weighted by molar-refractivity contribution is 6.00. The van der Waals surface area contributed by atoms with Gasteiger partial charge in [-0.25, -0.2) is 18.6 Å². The fourth-order valence-electron chi connectivity index (χ4n) is 4.65. The molecular weight excluding hydrogens is 490 g/mol. The number of piperidine rings is 1. The molecule has 0 bridgehead atoms. The molecule has 206 valence electrons. The Balaban J connectivity index is 1.66. The summed E-state index contributed by atoms with van der Waals surface area (Å²) in [5.74, 6) is -4.46. The number of pyridine rings is 1. The van der Waals surface area contributed by atoms with Crippen molar-refractivity contribution in [2.75, 3.05) is 13.1 Å². The van der Waals surface area contributed by atoms with Gasteiger partial charge in [0, 0.05) is 42.5 Å². The summed E-state index contributed by atoms with van der Waals surface area (Å²) in [5.41, 5.74) is 1.51. The van der Waals surface area contributed by atoms with E-state index in [0.29, 0.717) is 11.3 Å². The minimum atomic E-state index is -3.06. The van der Waals surface area contributed by atoms with Gasteiger partial charge in [0.1, 0.15) is 11.3 Å². The van der Waals surface area contributed by atoms with Crippen molar-refractivity contribution < 1.29 is 27.9 Å². The molecule has 0 radical (unpaired) electrons. The van der Waals surface area contributed by atoms with Crippen molar-refractivity contribution in [3.05, 3.63) is 65.0 Å². The summed E-state index contributed by atoms with van der Waals surface area (Å²) in [7, 11) is 0. The molecule has 1 unspecified atom stereocenters. The molecule has 1 aromatic heterocycles. The predicted octanol–water partition coefficient (Wildman–Crippen LogP) is 7.07. The van der Waals surface area contributed by atoms with Gasteiger partial charge in [-0.15, -0.1) is 0 Å². The quantitative estimate of drug-likeness (QED) is 0.325. The molecule has 0 aliphatic carbocycles. The van der Waals surface area contributed by atoms with E-state index in [1.807, 2.05) is 37.3 Å². The molecule has 0 saturated carbocycles. The van der Waals surface area contributed by atoms with E-state index in [-0.39, 0.29) is 61.8 Å². The number of ketones is 2. The molecule has 8 heteroatoms. The van der Waals surface area contributed by atoms with E-state index in [1.165, 1.54) is 6.07 Å². The molecule has 0 N–H and O–H groups in total. The number of carbonyl (C=O) groups is 3. The SMILES string of the molecule is CCC(=O)c1cc(C(=O)CCCC2CCN(C(=O)OC(C)(C)C)CC2(F)F)cc([C@@H](C)c2ccccc2)n1. The number of rotatable bonds is 9. The third-order valence-corrected chi connectivity index (χ3v) is 6.87. The average molecular weight is 529 g/mol. The maximum Gasteiger partial charge on any atom is 0.410 e. The normalized spacial score (nSPS) is 18.1. The third kappa shape index (κ3) is 7.68. The van der Waals surface area contributed by atoms with Crippen molar-refractivity contribution in [3.8, 4) is 0 Å². The first-order valence-corrected chi connectivity index (χ1v) is 13.3. The fourth-order valence-corrected chi connectivity index (χ4v) is 4.65. The molecule has 2 atom stereocenters. The number of ether oxygens (including phenoxy) is 1. The second-order valence-corrected chi connectivity index (χ2v) is 11.0. The highest BCUT2D eigenvalue weighted by atomic mass is 19.3. The summed E-state index contributed by atoms with van der Waals surface area (Å²) < 4.78 is 35.0. The van der Waals surface area contributed by atoms with E-state index < -0.39 is 30.1 Å². The van der Waals surface area contributed by atoms with Crippen molar-refractivity contribution in [3.63, 3.8) is 0 Å². The number of aromatic nitrogens is 1. The lowest BCUT2D eigenvalue weighted by molar-refractivity contribution is -0.112. The number of hydrogen-bond acceptors (Lipinski definition) is 5. The highest BCUT2D eigenvalue weighted by Crippen LogP contribution is 2.37. The second-order valence-electron chi connectivity index (χ2n) is 11.0. The van der Waals surface area contributed by atoms with Crippen molar-refractivity contribution in [2.45, 2.75) is 84.2 Å². The number of carbonyl (C=O) groups excluding carboxylic acids is 3. The predicted molar refractivity (Wildman–Crippen MR) is 142 cm³/mol. The summed E-state index contributed by atoms with van der Waals surface area (Å²) in [6.45, 7) is 8.31. The van der Waals surface area contributed by atoms with Crippen molar-refractivity contribution in [1.29, 1.82) is 0 Å². The molecule has 0 spiro atoms. The number of likely N-dealkylation sites (tertiary alicyclic amines) is 1. The van der Waals surface area contributed by atoms with E-state index in [9.17, 15) is 23.2 Å². The maximum atomic E-state index is 14.9. The summed E-state index contributed by atoms with van der Waals surface area (Å²) in [5, 5.41) is 0. The summed E-state index contributed by atoms with van der Waals surface area (Å²) >= 11 is 0. The Hall–Kier alpha value is -3.16. The smallest absolute Gasteiger partial charge is 0.410 e. The van der Waals surface area contributed by atoms with Gasteiger partial charge in [0.15, 0.2) is 11.6 Å². The van der Waals surface area contributed by atoms with Crippen molar-refractivity contribution in [1.82, 2.24) is 9.88 Å². The molecule has 3 rings (SSSR count). The monoisotopic (exact) mass is 528 g/mol. The first-order chi connectivity index (χ1) is 17.8. The van der Waals surface area contributed by atoms with Crippen molar-refractivity contribution >= 4 is 17.7 Å². The lowest BCUT2D eigenvalue weighted by atomic mass is 9.87. The van der Waals surface area contributed by atoms with Crippen LogP contribution in [-0.2, 0) is 4.74 Å². The van der Waals surface area contributed by atoms with E-state index in [1.54, 1.807) is 33.8 Å². The van der Waals surface area contributed by atoms with Gasteiger partial charge in [-0.3, -0.25) is 9.59 Å². The van der Waals surface area contributed by atoms with Crippen LogP contribution in [-0.4, -0.2) is 52.2 Å². The average Bonchev–Trinajstić information content (AvgIpc) is 2.87. The van der Waals surface area contributed by atoms with E-state index in [4.69, 9.17) is 4.74 Å². The number of benzene rings is 1. The number of alkyl halides is 2. The fraction of sp³-hybridized carbons (Fsp3) is 0.533. The van der Waals surface area contributed by atoms with E-state index in [0.717, 1.165) is 10.5 Å². The molecule has 1 aliphatic heterocycles. The standard InChI is InChI=1S/C30H38F2N2O4/c1-6-26(35)25-18-22(17-24(33-25)20(2)21-11-8-7-9-12-21)27(36)14-10-13-23-15-16-34(19-30(23,31)32)28(37)38-29(3,4)5/h7-9,11-12,17-18,20,23H,6,10,13-16,19H2,1-5H3/t20-,23?/m0/s1. The number of halogens is 2. The largest absolute Gasteiger partial charge is 0.444 e. The van der Waals surface area contributed by atoms with Gasteiger partial charge in [0.05, 0.1) is 6.54 Å². The van der Waals surface area contributed by atoms with Crippen LogP contribution in [0.25, 0.3) is 0 Å². The zero-order valence-electron chi connectivity index (χ0n) is 22.9. The minimum Gasteiger partial charge on any atom is -0.444 e. The first kappa shape index (κ1) is 29.4. The molecule has 2 aromatic rings. The van der Waals surface area contributed by atoms with Gasteiger partial charge in [-0.2, -0.15) is 0 Å². The van der Waals surface area contributed by atoms with Crippen LogP contribution in [0.2, 0.25) is 0 Å².